The summed E-state index contributed by atoms with van der Waals surface area (Å²) in [7, 11) is 0. The van der Waals surface area contributed by atoms with Gasteiger partial charge < -0.3 is 15.2 Å². The second-order valence-electron chi connectivity index (χ2n) is 4.87. The highest BCUT2D eigenvalue weighted by atomic mass is 19.1. The molecule has 0 aliphatic heterocycles. The zero-order valence-electron chi connectivity index (χ0n) is 12.1. The lowest BCUT2D eigenvalue weighted by atomic mass is 10.1. The monoisotopic (exact) mass is 303 g/mol. The van der Waals surface area contributed by atoms with E-state index >= 15 is 0 Å². The summed E-state index contributed by atoms with van der Waals surface area (Å²) in [6, 6.07) is 12.6. The Morgan fingerprint density at radius 2 is 1.95 bits per heavy atom. The third kappa shape index (κ3) is 5.44. The Kier molecular flexibility index (Phi) is 5.77. The van der Waals surface area contributed by atoms with Gasteiger partial charge in [-0.2, -0.15) is 0 Å². The van der Waals surface area contributed by atoms with Gasteiger partial charge in [0.25, 0.3) is 5.91 Å². The molecule has 22 heavy (non-hydrogen) atoms. The molecule has 0 heterocycles. The summed E-state index contributed by atoms with van der Waals surface area (Å²) < 4.78 is 17.9. The summed E-state index contributed by atoms with van der Waals surface area (Å²) in [6.45, 7) is 0.430. The van der Waals surface area contributed by atoms with E-state index in [0.29, 0.717) is 12.3 Å². The lowest BCUT2D eigenvalue weighted by Gasteiger charge is -2.07. The van der Waals surface area contributed by atoms with E-state index < -0.39 is 0 Å². The fourth-order valence-electron chi connectivity index (χ4n) is 1.96. The Bertz CT molecular complexity index is 614. The maximum absolute atomic E-state index is 12.7. The van der Waals surface area contributed by atoms with Crippen molar-refractivity contribution in [3.63, 3.8) is 0 Å². The Hall–Kier alpha value is -2.56. The molecule has 0 saturated heterocycles. The van der Waals surface area contributed by atoms with E-state index in [-0.39, 0.29) is 24.1 Å². The highest BCUT2D eigenvalue weighted by Crippen LogP contribution is 2.12. The molecule has 0 bridgehead atoms. The second kappa shape index (κ2) is 8.02. The molecule has 5 heteroatoms. The summed E-state index contributed by atoms with van der Waals surface area (Å²) in [5.41, 5.74) is 1.02. The first-order valence-corrected chi connectivity index (χ1v) is 7.06. The van der Waals surface area contributed by atoms with Gasteiger partial charge in [0.15, 0.2) is 6.61 Å². The van der Waals surface area contributed by atoms with Gasteiger partial charge in [0.2, 0.25) is 0 Å². The topological polar surface area (TPSA) is 58.6 Å². The standard InChI is InChI=1S/C17H18FNO3/c18-14-6-8-16(9-7-14)22-12-17(21)19-10-2-4-13-3-1-5-15(20)11-13/h1,3,5-9,11,20H,2,4,10,12H2,(H,19,21). The summed E-state index contributed by atoms with van der Waals surface area (Å²) in [4.78, 5) is 11.6. The van der Waals surface area contributed by atoms with Crippen molar-refractivity contribution in [2.24, 2.45) is 0 Å². The first-order valence-electron chi connectivity index (χ1n) is 7.06. The molecule has 116 valence electrons. The SMILES string of the molecule is O=C(COc1ccc(F)cc1)NCCCc1cccc(O)c1. The van der Waals surface area contributed by atoms with Crippen LogP contribution in [0.3, 0.4) is 0 Å². The van der Waals surface area contributed by atoms with E-state index in [2.05, 4.69) is 5.32 Å². The third-order valence-corrected chi connectivity index (χ3v) is 3.06. The van der Waals surface area contributed by atoms with Crippen molar-refractivity contribution in [1.82, 2.24) is 5.32 Å². The minimum absolute atomic E-state index is 0.0994. The maximum atomic E-state index is 12.7. The van der Waals surface area contributed by atoms with Gasteiger partial charge in [0, 0.05) is 6.54 Å². The molecule has 2 rings (SSSR count). The fraction of sp³-hybridized carbons (Fsp3) is 0.235. The molecule has 0 aromatic heterocycles. The van der Waals surface area contributed by atoms with Crippen molar-refractivity contribution < 1.29 is 19.0 Å². The maximum Gasteiger partial charge on any atom is 0.257 e. The van der Waals surface area contributed by atoms with Gasteiger partial charge in [-0.25, -0.2) is 4.39 Å². The van der Waals surface area contributed by atoms with Gasteiger partial charge >= 0.3 is 0 Å². The van der Waals surface area contributed by atoms with Gasteiger partial charge in [0.1, 0.15) is 17.3 Å². The van der Waals surface area contributed by atoms with Gasteiger partial charge in [-0.15, -0.1) is 0 Å². The number of amides is 1. The Morgan fingerprint density at radius 1 is 1.18 bits per heavy atom. The zero-order valence-corrected chi connectivity index (χ0v) is 12.1. The van der Waals surface area contributed by atoms with Crippen LogP contribution < -0.4 is 10.1 Å². The highest BCUT2D eigenvalue weighted by molar-refractivity contribution is 5.77. The average Bonchev–Trinajstić information content (AvgIpc) is 2.51. The van der Waals surface area contributed by atoms with Crippen LogP contribution in [0.1, 0.15) is 12.0 Å². The number of hydrogen-bond donors (Lipinski definition) is 2. The highest BCUT2D eigenvalue weighted by Gasteiger charge is 2.03. The number of benzene rings is 2. The number of nitrogens with one attached hydrogen (secondary N) is 1. The minimum atomic E-state index is -0.344. The number of ether oxygens (including phenoxy) is 1. The summed E-state index contributed by atoms with van der Waals surface area (Å²) in [6.07, 6.45) is 1.54. The molecule has 0 atom stereocenters. The van der Waals surface area contributed by atoms with Crippen LogP contribution in [-0.4, -0.2) is 24.2 Å². The van der Waals surface area contributed by atoms with Crippen LogP contribution in [0.5, 0.6) is 11.5 Å². The third-order valence-electron chi connectivity index (χ3n) is 3.06. The molecule has 2 aromatic rings. The van der Waals surface area contributed by atoms with Gasteiger partial charge in [-0.3, -0.25) is 4.79 Å². The Balaban J connectivity index is 1.62. The van der Waals surface area contributed by atoms with E-state index in [9.17, 15) is 14.3 Å². The number of carbonyl (C=O) groups excluding carboxylic acids is 1. The smallest absolute Gasteiger partial charge is 0.257 e. The van der Waals surface area contributed by atoms with E-state index in [1.54, 1.807) is 18.2 Å². The van der Waals surface area contributed by atoms with Gasteiger partial charge in [-0.1, -0.05) is 12.1 Å². The van der Waals surface area contributed by atoms with Gasteiger partial charge in [-0.05, 0) is 54.8 Å². The number of phenolic OH excluding ortho intramolecular Hbond substituents is 1. The molecule has 2 aromatic carbocycles. The van der Waals surface area contributed by atoms with Crippen molar-refractivity contribution in [1.29, 1.82) is 0 Å². The van der Waals surface area contributed by atoms with Crippen LogP contribution in [0.4, 0.5) is 4.39 Å². The van der Waals surface area contributed by atoms with Crippen LogP contribution in [0.25, 0.3) is 0 Å². The molecule has 0 aliphatic carbocycles. The summed E-state index contributed by atoms with van der Waals surface area (Å²) in [5, 5.41) is 12.1. The number of carbonyl (C=O) groups is 1. The van der Waals surface area contributed by atoms with Crippen LogP contribution in [0.15, 0.2) is 48.5 Å². The van der Waals surface area contributed by atoms with Crippen LogP contribution in [-0.2, 0) is 11.2 Å². The van der Waals surface area contributed by atoms with E-state index in [1.807, 2.05) is 6.07 Å². The van der Waals surface area contributed by atoms with E-state index in [4.69, 9.17) is 4.74 Å². The quantitative estimate of drug-likeness (QED) is 0.773. The number of hydrogen-bond acceptors (Lipinski definition) is 3. The molecule has 0 aliphatic rings. The first-order chi connectivity index (χ1) is 10.6. The molecular weight excluding hydrogens is 285 g/mol. The number of rotatable bonds is 7. The number of phenols is 1. The van der Waals surface area contributed by atoms with Crippen molar-refractivity contribution in [3.8, 4) is 11.5 Å². The van der Waals surface area contributed by atoms with Crippen molar-refractivity contribution in [3.05, 3.63) is 59.9 Å². The van der Waals surface area contributed by atoms with E-state index in [0.717, 1.165) is 18.4 Å². The first kappa shape index (κ1) is 15.8. The molecule has 0 unspecified atom stereocenters. The van der Waals surface area contributed by atoms with E-state index in [1.165, 1.54) is 24.3 Å². The molecule has 0 radical (unpaired) electrons. The van der Waals surface area contributed by atoms with Crippen LogP contribution in [0.2, 0.25) is 0 Å². The summed E-state index contributed by atoms with van der Waals surface area (Å²) in [5.74, 6) is 0.134. The van der Waals surface area contributed by atoms with Crippen molar-refractivity contribution in [2.45, 2.75) is 12.8 Å². The average molecular weight is 303 g/mol. The lowest BCUT2D eigenvalue weighted by molar-refractivity contribution is -0.123. The second-order valence-corrected chi connectivity index (χ2v) is 4.87. The van der Waals surface area contributed by atoms with Crippen LogP contribution in [0, 0.1) is 5.82 Å². The molecule has 0 spiro atoms. The molecule has 2 N–H and O–H groups in total. The summed E-state index contributed by atoms with van der Waals surface area (Å²) >= 11 is 0. The molecule has 0 fully saturated rings. The Labute approximate surface area is 128 Å². The predicted octanol–water partition coefficient (Wildman–Crippen LogP) is 2.66. The fourth-order valence-corrected chi connectivity index (χ4v) is 1.96. The molecule has 0 saturated carbocycles. The molecule has 1 amide bonds. The van der Waals surface area contributed by atoms with Crippen LogP contribution >= 0.6 is 0 Å². The zero-order chi connectivity index (χ0) is 15.8. The molecular formula is C17H18FNO3. The van der Waals surface area contributed by atoms with Crippen molar-refractivity contribution >= 4 is 5.91 Å². The minimum Gasteiger partial charge on any atom is -0.508 e. The largest absolute Gasteiger partial charge is 0.508 e. The Morgan fingerprint density at radius 3 is 2.68 bits per heavy atom. The number of aromatic hydroxyl groups is 1. The molecule has 4 nitrogen and oxygen atoms in total. The lowest BCUT2D eigenvalue weighted by Crippen LogP contribution is -2.29. The number of halogens is 1. The normalized spacial score (nSPS) is 10.2. The predicted molar refractivity (Wildman–Crippen MR) is 81.3 cm³/mol. The van der Waals surface area contributed by atoms with Crippen molar-refractivity contribution in [2.75, 3.05) is 13.2 Å². The number of aryl methyl sites for hydroxylation is 1. The van der Waals surface area contributed by atoms with Gasteiger partial charge in [0.05, 0.1) is 0 Å².